The molecular weight excluding hydrogens is 409 g/mol. The van der Waals surface area contributed by atoms with Gasteiger partial charge < -0.3 is 14.8 Å². The lowest BCUT2D eigenvalue weighted by Crippen LogP contribution is -2.22. The molecule has 1 N–H and O–H groups in total. The van der Waals surface area contributed by atoms with Crippen molar-refractivity contribution in [3.05, 3.63) is 33.7 Å². The summed E-state index contributed by atoms with van der Waals surface area (Å²) < 4.78 is 13.1. The Labute approximate surface area is 149 Å². The zero-order valence-electron chi connectivity index (χ0n) is 13.8. The van der Waals surface area contributed by atoms with Crippen LogP contribution in [0.3, 0.4) is 0 Å². The molecule has 0 spiro atoms. The van der Waals surface area contributed by atoms with Crippen molar-refractivity contribution in [3.8, 4) is 11.5 Å². The van der Waals surface area contributed by atoms with Gasteiger partial charge in [0.1, 0.15) is 0 Å². The Morgan fingerprint density at radius 1 is 1.22 bits per heavy atom. The van der Waals surface area contributed by atoms with Crippen LogP contribution in [0.4, 0.5) is 5.69 Å². The summed E-state index contributed by atoms with van der Waals surface area (Å²) in [7, 11) is 3.11. The molecule has 0 atom stereocenters. The summed E-state index contributed by atoms with van der Waals surface area (Å²) in [5.74, 6) is 0.890. The molecule has 1 heterocycles. The maximum Gasteiger partial charge on any atom is 0.256 e. The van der Waals surface area contributed by atoms with Crippen LogP contribution >= 0.6 is 22.6 Å². The van der Waals surface area contributed by atoms with Crippen LogP contribution < -0.4 is 14.8 Å². The second-order valence-corrected chi connectivity index (χ2v) is 7.15. The highest BCUT2D eigenvalue weighted by Crippen LogP contribution is 2.31. The van der Waals surface area contributed by atoms with E-state index in [1.165, 1.54) is 0 Å². The van der Waals surface area contributed by atoms with Gasteiger partial charge in [0, 0.05) is 9.77 Å². The Morgan fingerprint density at radius 3 is 2.35 bits per heavy atom. The van der Waals surface area contributed by atoms with Gasteiger partial charge in [-0.1, -0.05) is 0 Å². The van der Waals surface area contributed by atoms with Gasteiger partial charge in [-0.15, -0.1) is 0 Å². The van der Waals surface area contributed by atoms with Gasteiger partial charge in [0.25, 0.3) is 5.91 Å². The van der Waals surface area contributed by atoms with Crippen LogP contribution in [0, 0.1) is 3.57 Å². The molecule has 0 saturated carbocycles. The zero-order chi connectivity index (χ0) is 17.2. The summed E-state index contributed by atoms with van der Waals surface area (Å²) in [6.07, 6.45) is 3.45. The number of carbonyl (C=O) groups excluding carboxylic acids is 1. The Bertz CT molecular complexity index is 720. The van der Waals surface area contributed by atoms with Crippen molar-refractivity contribution in [1.29, 1.82) is 0 Å². The van der Waals surface area contributed by atoms with E-state index in [4.69, 9.17) is 9.47 Å². The van der Waals surface area contributed by atoms with Crippen molar-refractivity contribution in [2.75, 3.05) is 19.5 Å². The topological polar surface area (TPSA) is 65.4 Å². The van der Waals surface area contributed by atoms with Crippen LogP contribution in [0.1, 0.15) is 31.1 Å². The van der Waals surface area contributed by atoms with Gasteiger partial charge in [-0.3, -0.25) is 9.48 Å². The zero-order valence-corrected chi connectivity index (χ0v) is 16.0. The Hall–Kier alpha value is -1.77. The van der Waals surface area contributed by atoms with Gasteiger partial charge in [0.2, 0.25) is 0 Å². The molecule has 1 amide bonds. The van der Waals surface area contributed by atoms with Crippen LogP contribution in [0.15, 0.2) is 24.5 Å². The molecule has 6 nitrogen and oxygen atoms in total. The lowest BCUT2D eigenvalue weighted by Gasteiger charge is -2.18. The summed E-state index contributed by atoms with van der Waals surface area (Å²) >= 11 is 2.10. The molecule has 0 aliphatic heterocycles. The Kier molecular flexibility index (Phi) is 5.18. The molecule has 23 heavy (non-hydrogen) atoms. The van der Waals surface area contributed by atoms with Crippen molar-refractivity contribution < 1.29 is 14.3 Å². The van der Waals surface area contributed by atoms with E-state index < -0.39 is 0 Å². The molecule has 0 unspecified atom stereocenters. The van der Waals surface area contributed by atoms with Gasteiger partial charge in [-0.2, -0.15) is 5.10 Å². The highest BCUT2D eigenvalue weighted by molar-refractivity contribution is 14.1. The number of nitrogens with one attached hydrogen (secondary N) is 1. The summed E-state index contributed by atoms with van der Waals surface area (Å²) in [5.41, 5.74) is 1.03. The molecule has 2 rings (SSSR count). The molecule has 0 fully saturated rings. The van der Waals surface area contributed by atoms with Crippen LogP contribution in [0.5, 0.6) is 11.5 Å². The molecule has 1 aromatic heterocycles. The van der Waals surface area contributed by atoms with E-state index in [0.717, 1.165) is 3.57 Å². The number of hydrogen-bond donors (Lipinski definition) is 1. The van der Waals surface area contributed by atoms with E-state index in [1.807, 2.05) is 31.6 Å². The fourth-order valence-corrected chi connectivity index (χ4v) is 2.66. The average Bonchev–Trinajstić information content (AvgIpc) is 2.95. The number of methoxy groups -OCH3 is 2. The third-order valence-electron chi connectivity index (χ3n) is 3.25. The molecular formula is C16H20IN3O3. The van der Waals surface area contributed by atoms with Crippen molar-refractivity contribution in [2.45, 2.75) is 26.3 Å². The first-order chi connectivity index (χ1) is 10.8. The molecule has 0 saturated heterocycles. The van der Waals surface area contributed by atoms with Crippen LogP contribution in [-0.4, -0.2) is 29.9 Å². The van der Waals surface area contributed by atoms with Gasteiger partial charge in [0.15, 0.2) is 11.5 Å². The van der Waals surface area contributed by atoms with E-state index in [-0.39, 0.29) is 11.4 Å². The third kappa shape index (κ3) is 3.95. The second-order valence-electron chi connectivity index (χ2n) is 5.99. The van der Waals surface area contributed by atoms with Crippen molar-refractivity contribution >= 4 is 34.2 Å². The van der Waals surface area contributed by atoms with E-state index in [0.29, 0.717) is 22.7 Å². The normalized spacial score (nSPS) is 11.2. The third-order valence-corrected chi connectivity index (χ3v) is 4.14. The molecule has 2 aromatic rings. The Balaban J connectivity index is 2.26. The van der Waals surface area contributed by atoms with E-state index in [1.54, 1.807) is 32.5 Å². The predicted octanol–water partition coefficient (Wildman–Crippen LogP) is 3.51. The molecule has 124 valence electrons. The number of ether oxygens (including phenoxy) is 2. The maximum atomic E-state index is 12.5. The number of benzene rings is 1. The minimum absolute atomic E-state index is 0.138. The van der Waals surface area contributed by atoms with Crippen LogP contribution in [-0.2, 0) is 5.54 Å². The van der Waals surface area contributed by atoms with Gasteiger partial charge >= 0.3 is 0 Å². The number of aromatic nitrogens is 2. The smallest absolute Gasteiger partial charge is 0.256 e. The molecule has 0 aliphatic rings. The fraction of sp³-hybridized carbons (Fsp3) is 0.375. The Morgan fingerprint density at radius 2 is 1.83 bits per heavy atom. The van der Waals surface area contributed by atoms with Crippen LogP contribution in [0.25, 0.3) is 0 Å². The van der Waals surface area contributed by atoms with Gasteiger partial charge in [-0.05, 0) is 55.5 Å². The number of carbonyl (C=O) groups is 1. The number of amides is 1. The minimum Gasteiger partial charge on any atom is -0.493 e. The number of nitrogens with zero attached hydrogens (tertiary/aromatic N) is 2. The molecule has 1 aromatic carbocycles. The summed E-state index contributed by atoms with van der Waals surface area (Å²) in [6.45, 7) is 6.13. The second kappa shape index (κ2) is 6.77. The maximum absolute atomic E-state index is 12.5. The lowest BCUT2D eigenvalue weighted by atomic mass is 10.1. The van der Waals surface area contributed by atoms with E-state index in [9.17, 15) is 4.79 Å². The van der Waals surface area contributed by atoms with Crippen LogP contribution in [0.2, 0.25) is 0 Å². The lowest BCUT2D eigenvalue weighted by molar-refractivity contribution is 0.102. The summed E-state index contributed by atoms with van der Waals surface area (Å²) in [6, 6.07) is 3.44. The number of halogens is 1. The largest absolute Gasteiger partial charge is 0.493 e. The average molecular weight is 429 g/mol. The SMILES string of the molecule is COc1cc(I)c(C(=O)Nc2cnn(C(C)(C)C)c2)cc1OC. The van der Waals surface area contributed by atoms with Crippen molar-refractivity contribution in [1.82, 2.24) is 9.78 Å². The van der Waals surface area contributed by atoms with Crippen molar-refractivity contribution in [3.63, 3.8) is 0 Å². The number of hydrogen-bond acceptors (Lipinski definition) is 4. The minimum atomic E-state index is -0.219. The van der Waals surface area contributed by atoms with Crippen molar-refractivity contribution in [2.24, 2.45) is 0 Å². The van der Waals surface area contributed by atoms with Gasteiger partial charge in [-0.25, -0.2) is 0 Å². The van der Waals surface area contributed by atoms with E-state index >= 15 is 0 Å². The first-order valence-electron chi connectivity index (χ1n) is 7.04. The first kappa shape index (κ1) is 17.6. The summed E-state index contributed by atoms with van der Waals surface area (Å²) in [5, 5.41) is 7.13. The standard InChI is InChI=1S/C16H20IN3O3/c1-16(2,3)20-9-10(8-18-20)19-15(21)11-6-13(22-4)14(23-5)7-12(11)17/h6-9H,1-5H3,(H,19,21). The first-order valence-corrected chi connectivity index (χ1v) is 8.12. The highest BCUT2D eigenvalue weighted by atomic mass is 127. The number of anilines is 1. The fourth-order valence-electron chi connectivity index (χ4n) is 1.98. The highest BCUT2D eigenvalue weighted by Gasteiger charge is 2.18. The quantitative estimate of drug-likeness (QED) is 0.756. The summed E-state index contributed by atoms with van der Waals surface area (Å²) in [4.78, 5) is 12.5. The predicted molar refractivity (Wildman–Crippen MR) is 97.4 cm³/mol. The number of rotatable bonds is 4. The van der Waals surface area contributed by atoms with E-state index in [2.05, 4.69) is 33.0 Å². The molecule has 0 bridgehead atoms. The van der Waals surface area contributed by atoms with Gasteiger partial charge in [0.05, 0.1) is 37.2 Å². The monoisotopic (exact) mass is 429 g/mol. The molecule has 0 radical (unpaired) electrons. The molecule has 7 heteroatoms. The molecule has 0 aliphatic carbocycles.